The molecule has 1 atom stereocenters. The number of benzene rings is 2. The van der Waals surface area contributed by atoms with Crippen LogP contribution in [0.5, 0.6) is 5.75 Å². The van der Waals surface area contributed by atoms with Crippen LogP contribution in [0.25, 0.3) is 0 Å². The lowest BCUT2D eigenvalue weighted by Crippen LogP contribution is -2.43. The number of ether oxygens (including phenoxy) is 2. The molecule has 1 aliphatic rings. The highest BCUT2D eigenvalue weighted by Crippen LogP contribution is 2.22. The summed E-state index contributed by atoms with van der Waals surface area (Å²) in [6.45, 7) is 5.11. The van der Waals surface area contributed by atoms with Crippen LogP contribution < -0.4 is 4.74 Å². The van der Waals surface area contributed by atoms with E-state index < -0.39 is 5.97 Å². The van der Waals surface area contributed by atoms with Gasteiger partial charge in [-0.05, 0) is 48.8 Å². The van der Waals surface area contributed by atoms with Gasteiger partial charge in [-0.1, -0.05) is 55.5 Å². The fraction of sp³-hybridized carbons (Fsp3) is 0.500. The Hall–Kier alpha value is -2.37. The number of nitrogens with zero attached hydrogens (tertiary/aromatic N) is 1. The van der Waals surface area contributed by atoms with E-state index in [1.807, 2.05) is 24.3 Å². The van der Waals surface area contributed by atoms with Gasteiger partial charge in [-0.3, -0.25) is 9.69 Å². The maximum absolute atomic E-state index is 11.3. The van der Waals surface area contributed by atoms with Crippen LogP contribution in [0.4, 0.5) is 0 Å². The first-order valence-electron chi connectivity index (χ1n) is 11.4. The average Bonchev–Trinajstić information content (AvgIpc) is 2.78. The largest absolute Gasteiger partial charge is 0.493 e. The molecule has 0 aromatic heterocycles. The number of piperidine rings is 1. The molecule has 5 heteroatoms. The Labute approximate surface area is 186 Å². The van der Waals surface area contributed by atoms with Gasteiger partial charge < -0.3 is 14.6 Å². The van der Waals surface area contributed by atoms with Crippen molar-refractivity contribution in [1.82, 2.24) is 4.90 Å². The summed E-state index contributed by atoms with van der Waals surface area (Å²) in [5.41, 5.74) is 2.53. The summed E-state index contributed by atoms with van der Waals surface area (Å²) in [4.78, 5) is 13.4. The maximum atomic E-state index is 11.3. The number of hydrogen-bond donors (Lipinski definition) is 1. The monoisotopic (exact) mass is 425 g/mol. The Morgan fingerprint density at radius 3 is 2.48 bits per heavy atom. The molecule has 0 saturated carbocycles. The zero-order valence-electron chi connectivity index (χ0n) is 18.5. The lowest BCUT2D eigenvalue weighted by atomic mass is 9.99. The summed E-state index contributed by atoms with van der Waals surface area (Å²) in [6.07, 6.45) is 4.53. The van der Waals surface area contributed by atoms with Crippen molar-refractivity contribution in [2.45, 2.75) is 51.7 Å². The van der Waals surface area contributed by atoms with Gasteiger partial charge in [-0.15, -0.1) is 0 Å². The maximum Gasteiger partial charge on any atom is 0.307 e. The number of carbonyl (C=O) groups is 1. The summed E-state index contributed by atoms with van der Waals surface area (Å²) >= 11 is 0. The Bertz CT molecular complexity index is 787. The van der Waals surface area contributed by atoms with Crippen LogP contribution in [0.1, 0.15) is 43.7 Å². The van der Waals surface area contributed by atoms with Crippen molar-refractivity contribution in [2.24, 2.45) is 5.92 Å². The molecule has 0 radical (unpaired) electrons. The van der Waals surface area contributed by atoms with Crippen LogP contribution in [0.2, 0.25) is 0 Å². The SMILES string of the molecule is CC1CCN(C(CC(=O)O)OCCCOc2ccccc2CCc2ccccc2)CC1. The number of rotatable bonds is 12. The number of likely N-dealkylation sites (tertiary alicyclic amines) is 1. The third-order valence-corrected chi connectivity index (χ3v) is 5.93. The van der Waals surface area contributed by atoms with Crippen molar-refractivity contribution < 1.29 is 19.4 Å². The summed E-state index contributed by atoms with van der Waals surface area (Å²) in [6, 6.07) is 18.7. The van der Waals surface area contributed by atoms with Crippen LogP contribution in [0.3, 0.4) is 0 Å². The fourth-order valence-electron chi connectivity index (χ4n) is 3.99. The van der Waals surface area contributed by atoms with Crippen molar-refractivity contribution in [3.8, 4) is 5.75 Å². The van der Waals surface area contributed by atoms with Crippen molar-refractivity contribution in [3.05, 3.63) is 65.7 Å². The molecule has 0 bridgehead atoms. The first-order chi connectivity index (χ1) is 15.1. The summed E-state index contributed by atoms with van der Waals surface area (Å²) in [5, 5.41) is 9.25. The van der Waals surface area contributed by atoms with Gasteiger partial charge in [0.2, 0.25) is 0 Å². The van der Waals surface area contributed by atoms with Crippen molar-refractivity contribution >= 4 is 5.97 Å². The number of aryl methyl sites for hydroxylation is 2. The average molecular weight is 426 g/mol. The number of carboxylic acid groups (broad SMARTS) is 1. The summed E-state index contributed by atoms with van der Waals surface area (Å²) in [7, 11) is 0. The Kier molecular flexibility index (Phi) is 9.38. The van der Waals surface area contributed by atoms with Crippen LogP contribution in [0.15, 0.2) is 54.6 Å². The Morgan fingerprint density at radius 1 is 1.03 bits per heavy atom. The quantitative estimate of drug-likeness (QED) is 0.496. The third kappa shape index (κ3) is 8.00. The van der Waals surface area contributed by atoms with E-state index in [1.54, 1.807) is 0 Å². The van der Waals surface area contributed by atoms with Gasteiger partial charge >= 0.3 is 5.97 Å². The Morgan fingerprint density at radius 2 is 1.74 bits per heavy atom. The van der Waals surface area contributed by atoms with E-state index in [0.717, 1.165) is 50.9 Å². The highest BCUT2D eigenvalue weighted by Gasteiger charge is 2.25. The van der Waals surface area contributed by atoms with E-state index in [4.69, 9.17) is 9.47 Å². The second kappa shape index (κ2) is 12.5. The minimum absolute atomic E-state index is 0.0254. The predicted octanol–water partition coefficient (Wildman–Crippen LogP) is 4.79. The van der Waals surface area contributed by atoms with E-state index in [2.05, 4.69) is 42.2 Å². The smallest absolute Gasteiger partial charge is 0.307 e. The van der Waals surface area contributed by atoms with Crippen LogP contribution in [-0.2, 0) is 22.4 Å². The molecular weight excluding hydrogens is 390 g/mol. The molecule has 1 N–H and O–H groups in total. The predicted molar refractivity (Wildman–Crippen MR) is 122 cm³/mol. The van der Waals surface area contributed by atoms with Crippen molar-refractivity contribution in [1.29, 1.82) is 0 Å². The molecule has 1 heterocycles. The van der Waals surface area contributed by atoms with E-state index in [-0.39, 0.29) is 12.6 Å². The Balaban J connectivity index is 1.42. The number of para-hydroxylation sites is 1. The molecule has 1 unspecified atom stereocenters. The van der Waals surface area contributed by atoms with Gasteiger partial charge in [0.05, 0.1) is 19.6 Å². The highest BCUT2D eigenvalue weighted by atomic mass is 16.5. The molecule has 1 saturated heterocycles. The van der Waals surface area contributed by atoms with Gasteiger partial charge in [0.25, 0.3) is 0 Å². The number of carboxylic acids is 1. The molecule has 168 valence electrons. The molecule has 31 heavy (non-hydrogen) atoms. The normalized spacial score (nSPS) is 16.2. The number of aliphatic carboxylic acids is 1. The molecule has 1 aliphatic heterocycles. The second-order valence-corrected chi connectivity index (χ2v) is 8.44. The molecule has 2 aromatic rings. The van der Waals surface area contributed by atoms with E-state index in [1.165, 1.54) is 11.1 Å². The fourth-order valence-corrected chi connectivity index (χ4v) is 3.99. The first kappa shape index (κ1) is 23.3. The lowest BCUT2D eigenvalue weighted by molar-refractivity contribution is -0.147. The highest BCUT2D eigenvalue weighted by molar-refractivity contribution is 5.67. The molecule has 1 fully saturated rings. The molecule has 0 amide bonds. The molecule has 0 aliphatic carbocycles. The standard InChI is InChI=1S/C26H35NO4/c1-21-14-16-27(17-15-21)25(20-26(28)29)31-19-7-18-30-24-11-6-5-10-23(24)13-12-22-8-3-2-4-9-22/h2-6,8-11,21,25H,7,12-20H2,1H3,(H,28,29). The minimum atomic E-state index is -0.813. The zero-order valence-corrected chi connectivity index (χ0v) is 18.5. The van der Waals surface area contributed by atoms with E-state index in [9.17, 15) is 9.90 Å². The second-order valence-electron chi connectivity index (χ2n) is 8.44. The molecule has 3 rings (SSSR count). The lowest BCUT2D eigenvalue weighted by Gasteiger charge is -2.35. The first-order valence-corrected chi connectivity index (χ1v) is 11.4. The van der Waals surface area contributed by atoms with Crippen LogP contribution >= 0.6 is 0 Å². The van der Waals surface area contributed by atoms with Gasteiger partial charge in [0.15, 0.2) is 0 Å². The molecule has 2 aromatic carbocycles. The van der Waals surface area contributed by atoms with Gasteiger partial charge in [0.1, 0.15) is 12.0 Å². The van der Waals surface area contributed by atoms with Crippen LogP contribution in [0, 0.1) is 5.92 Å². The topological polar surface area (TPSA) is 59.0 Å². The van der Waals surface area contributed by atoms with E-state index in [0.29, 0.717) is 19.1 Å². The van der Waals surface area contributed by atoms with Gasteiger partial charge in [-0.25, -0.2) is 0 Å². The minimum Gasteiger partial charge on any atom is -0.493 e. The zero-order chi connectivity index (χ0) is 21.9. The van der Waals surface area contributed by atoms with Gasteiger partial charge in [0, 0.05) is 19.5 Å². The van der Waals surface area contributed by atoms with E-state index >= 15 is 0 Å². The third-order valence-electron chi connectivity index (χ3n) is 5.93. The summed E-state index contributed by atoms with van der Waals surface area (Å²) in [5.74, 6) is 0.815. The molecule has 5 nitrogen and oxygen atoms in total. The van der Waals surface area contributed by atoms with Crippen molar-refractivity contribution in [2.75, 3.05) is 26.3 Å². The van der Waals surface area contributed by atoms with Gasteiger partial charge in [-0.2, -0.15) is 0 Å². The molecule has 0 spiro atoms. The molecular formula is C26H35NO4. The van der Waals surface area contributed by atoms with Crippen LogP contribution in [-0.4, -0.2) is 48.5 Å². The van der Waals surface area contributed by atoms with Crippen molar-refractivity contribution in [3.63, 3.8) is 0 Å². The number of hydrogen-bond acceptors (Lipinski definition) is 4. The summed E-state index contributed by atoms with van der Waals surface area (Å²) < 4.78 is 12.0.